The molecule has 76 valence electrons. The number of rotatable bonds is 1. The van der Waals surface area contributed by atoms with Crippen molar-refractivity contribution in [3.8, 4) is 5.75 Å². The van der Waals surface area contributed by atoms with Gasteiger partial charge >= 0.3 is 0 Å². The van der Waals surface area contributed by atoms with E-state index in [0.29, 0.717) is 12.3 Å². The Morgan fingerprint density at radius 2 is 2.07 bits per heavy atom. The highest BCUT2D eigenvalue weighted by Gasteiger charge is 2.16. The van der Waals surface area contributed by atoms with Crippen LogP contribution in [0, 0.1) is 6.92 Å². The van der Waals surface area contributed by atoms with Crippen LogP contribution in [0.15, 0.2) is 6.07 Å². The van der Waals surface area contributed by atoms with Gasteiger partial charge in [-0.05, 0) is 55.4 Å². The van der Waals surface area contributed by atoms with Gasteiger partial charge in [0.15, 0.2) is 0 Å². The average Bonchev–Trinajstić information content (AvgIpc) is 2.18. The van der Waals surface area contributed by atoms with E-state index in [1.165, 1.54) is 29.5 Å². The first kappa shape index (κ1) is 9.53. The number of phenols is 1. The molecule has 0 fully saturated rings. The minimum absolute atomic E-state index is 0.380. The van der Waals surface area contributed by atoms with Crippen LogP contribution in [0.1, 0.15) is 35.1 Å². The molecule has 0 spiro atoms. The molecular formula is C12H17NO. The zero-order valence-electron chi connectivity index (χ0n) is 8.64. The molecule has 2 heteroatoms. The Morgan fingerprint density at radius 3 is 2.79 bits per heavy atom. The van der Waals surface area contributed by atoms with Gasteiger partial charge in [0, 0.05) is 12.1 Å². The standard InChI is InChI=1S/C12H17NO/c1-8-10-5-3-2-4-9(10)6-12(14)11(8)7-13/h6,14H,2-5,7,13H2,1H3. The fourth-order valence-electron chi connectivity index (χ4n) is 2.40. The molecule has 1 aliphatic carbocycles. The summed E-state index contributed by atoms with van der Waals surface area (Å²) in [6.07, 6.45) is 4.76. The monoisotopic (exact) mass is 191 g/mol. The number of phenolic OH excluding ortho intramolecular Hbond substituents is 1. The lowest BCUT2D eigenvalue weighted by atomic mass is 9.86. The minimum Gasteiger partial charge on any atom is -0.508 e. The van der Waals surface area contributed by atoms with Gasteiger partial charge in [-0.15, -0.1) is 0 Å². The van der Waals surface area contributed by atoms with Gasteiger partial charge in [-0.3, -0.25) is 0 Å². The summed E-state index contributed by atoms with van der Waals surface area (Å²) < 4.78 is 0. The van der Waals surface area contributed by atoms with Crippen LogP contribution < -0.4 is 5.73 Å². The molecule has 1 aliphatic rings. The Labute approximate surface area is 84.7 Å². The van der Waals surface area contributed by atoms with Crippen molar-refractivity contribution < 1.29 is 5.11 Å². The number of aromatic hydroxyl groups is 1. The van der Waals surface area contributed by atoms with Gasteiger partial charge in [0.25, 0.3) is 0 Å². The van der Waals surface area contributed by atoms with Gasteiger partial charge in [-0.25, -0.2) is 0 Å². The van der Waals surface area contributed by atoms with Gasteiger partial charge < -0.3 is 10.8 Å². The molecule has 0 atom stereocenters. The topological polar surface area (TPSA) is 46.2 Å². The summed E-state index contributed by atoms with van der Waals surface area (Å²) in [5.74, 6) is 0.380. The third-order valence-corrected chi connectivity index (χ3v) is 3.24. The van der Waals surface area contributed by atoms with Crippen LogP contribution in [-0.4, -0.2) is 5.11 Å². The predicted molar refractivity (Wildman–Crippen MR) is 57.4 cm³/mol. The van der Waals surface area contributed by atoms with Gasteiger partial charge in [0.05, 0.1) is 0 Å². The summed E-state index contributed by atoms with van der Waals surface area (Å²) in [7, 11) is 0. The van der Waals surface area contributed by atoms with Crippen molar-refractivity contribution >= 4 is 0 Å². The van der Waals surface area contributed by atoms with E-state index in [2.05, 4.69) is 6.92 Å². The molecule has 2 nitrogen and oxygen atoms in total. The van der Waals surface area contributed by atoms with Crippen molar-refractivity contribution in [3.05, 3.63) is 28.3 Å². The first-order valence-corrected chi connectivity index (χ1v) is 5.27. The van der Waals surface area contributed by atoms with Gasteiger partial charge in [0.1, 0.15) is 5.75 Å². The summed E-state index contributed by atoms with van der Waals surface area (Å²) >= 11 is 0. The third-order valence-electron chi connectivity index (χ3n) is 3.24. The number of benzene rings is 1. The molecule has 1 aromatic rings. The van der Waals surface area contributed by atoms with E-state index in [1.54, 1.807) is 0 Å². The van der Waals surface area contributed by atoms with Crippen LogP contribution in [0.5, 0.6) is 5.75 Å². The number of hydrogen-bond donors (Lipinski definition) is 2. The van der Waals surface area contributed by atoms with Gasteiger partial charge in [0.2, 0.25) is 0 Å². The predicted octanol–water partition coefficient (Wildman–Crippen LogP) is 2.04. The Balaban J connectivity index is 2.57. The molecule has 0 saturated carbocycles. The highest BCUT2D eigenvalue weighted by molar-refractivity contribution is 5.49. The second-order valence-electron chi connectivity index (χ2n) is 4.05. The molecule has 0 unspecified atom stereocenters. The number of fused-ring (bicyclic) bond motifs is 1. The molecule has 14 heavy (non-hydrogen) atoms. The maximum absolute atomic E-state index is 9.77. The second kappa shape index (κ2) is 3.62. The lowest BCUT2D eigenvalue weighted by molar-refractivity contribution is 0.465. The smallest absolute Gasteiger partial charge is 0.120 e. The van der Waals surface area contributed by atoms with Crippen LogP contribution in [0.4, 0.5) is 0 Å². The number of nitrogens with two attached hydrogens (primary N) is 1. The molecular weight excluding hydrogens is 174 g/mol. The Morgan fingerprint density at radius 1 is 1.36 bits per heavy atom. The molecule has 0 aliphatic heterocycles. The quantitative estimate of drug-likeness (QED) is 0.713. The van der Waals surface area contributed by atoms with Crippen molar-refractivity contribution in [1.29, 1.82) is 0 Å². The Bertz CT molecular complexity index is 358. The largest absolute Gasteiger partial charge is 0.508 e. The van der Waals surface area contributed by atoms with Crippen LogP contribution in [0.2, 0.25) is 0 Å². The van der Waals surface area contributed by atoms with Crippen molar-refractivity contribution in [2.75, 3.05) is 0 Å². The average molecular weight is 191 g/mol. The Hall–Kier alpha value is -1.02. The first-order valence-electron chi connectivity index (χ1n) is 5.27. The number of hydrogen-bond acceptors (Lipinski definition) is 2. The van der Waals surface area contributed by atoms with Crippen LogP contribution >= 0.6 is 0 Å². The molecule has 0 heterocycles. The molecule has 0 aromatic heterocycles. The minimum atomic E-state index is 0.380. The van der Waals surface area contributed by atoms with E-state index in [9.17, 15) is 5.11 Å². The highest BCUT2D eigenvalue weighted by Crippen LogP contribution is 2.32. The summed E-state index contributed by atoms with van der Waals surface area (Å²) in [5.41, 5.74) is 10.5. The normalized spacial score (nSPS) is 15.3. The van der Waals surface area contributed by atoms with E-state index in [0.717, 1.165) is 18.4 Å². The summed E-state index contributed by atoms with van der Waals surface area (Å²) in [6.45, 7) is 2.51. The van der Waals surface area contributed by atoms with Crippen LogP contribution in [-0.2, 0) is 19.4 Å². The van der Waals surface area contributed by atoms with Gasteiger partial charge in [-0.2, -0.15) is 0 Å². The zero-order chi connectivity index (χ0) is 10.1. The maximum atomic E-state index is 9.77. The van der Waals surface area contributed by atoms with Crippen molar-refractivity contribution in [1.82, 2.24) is 0 Å². The van der Waals surface area contributed by atoms with Crippen LogP contribution in [0.3, 0.4) is 0 Å². The van der Waals surface area contributed by atoms with E-state index >= 15 is 0 Å². The Kier molecular flexibility index (Phi) is 2.46. The lowest BCUT2D eigenvalue weighted by Crippen LogP contribution is -2.09. The summed E-state index contributed by atoms with van der Waals surface area (Å²) in [5, 5.41) is 9.77. The first-order chi connectivity index (χ1) is 6.74. The molecule has 2 rings (SSSR count). The van der Waals surface area contributed by atoms with Crippen molar-refractivity contribution in [2.24, 2.45) is 5.73 Å². The molecule has 1 aromatic carbocycles. The van der Waals surface area contributed by atoms with E-state index in [-0.39, 0.29) is 0 Å². The summed E-state index contributed by atoms with van der Waals surface area (Å²) in [4.78, 5) is 0. The molecule has 3 N–H and O–H groups in total. The highest BCUT2D eigenvalue weighted by atomic mass is 16.3. The zero-order valence-corrected chi connectivity index (χ0v) is 8.64. The van der Waals surface area contributed by atoms with Crippen molar-refractivity contribution in [3.63, 3.8) is 0 Å². The fraction of sp³-hybridized carbons (Fsp3) is 0.500. The summed E-state index contributed by atoms with van der Waals surface area (Å²) in [6, 6.07) is 1.91. The van der Waals surface area contributed by atoms with E-state index < -0.39 is 0 Å². The maximum Gasteiger partial charge on any atom is 0.120 e. The SMILES string of the molecule is Cc1c(CN)c(O)cc2c1CCCC2. The molecule has 0 saturated heterocycles. The molecule has 0 amide bonds. The van der Waals surface area contributed by atoms with Crippen molar-refractivity contribution in [2.45, 2.75) is 39.2 Å². The van der Waals surface area contributed by atoms with Crippen LogP contribution in [0.25, 0.3) is 0 Å². The lowest BCUT2D eigenvalue weighted by Gasteiger charge is -2.21. The van der Waals surface area contributed by atoms with Gasteiger partial charge in [-0.1, -0.05) is 0 Å². The number of aryl methyl sites for hydroxylation is 1. The molecule has 0 bridgehead atoms. The van der Waals surface area contributed by atoms with E-state index in [1.807, 2.05) is 6.07 Å². The van der Waals surface area contributed by atoms with E-state index in [4.69, 9.17) is 5.73 Å². The molecule has 0 radical (unpaired) electrons. The third kappa shape index (κ3) is 1.40. The fourth-order valence-corrected chi connectivity index (χ4v) is 2.40. The second-order valence-corrected chi connectivity index (χ2v) is 4.05.